The fraction of sp³-hybridized carbons (Fsp3) is 0.538. The summed E-state index contributed by atoms with van der Waals surface area (Å²) in [6, 6.07) is 3.45. The first-order valence-electron chi connectivity index (χ1n) is 6.36. The summed E-state index contributed by atoms with van der Waals surface area (Å²) in [5.41, 5.74) is 1.57. The van der Waals surface area contributed by atoms with Gasteiger partial charge in [0.1, 0.15) is 5.75 Å². The van der Waals surface area contributed by atoms with Gasteiger partial charge in [-0.25, -0.2) is 0 Å². The summed E-state index contributed by atoms with van der Waals surface area (Å²) in [4.78, 5) is 19.1. The summed E-state index contributed by atoms with van der Waals surface area (Å²) in [5.74, 6) is -0.565. The quantitative estimate of drug-likeness (QED) is 0.815. The fourth-order valence-corrected chi connectivity index (χ4v) is 2.23. The van der Waals surface area contributed by atoms with E-state index in [0.717, 1.165) is 31.9 Å². The summed E-state index contributed by atoms with van der Waals surface area (Å²) in [7, 11) is 0. The fourth-order valence-electron chi connectivity index (χ4n) is 2.23. The molecule has 0 aliphatic carbocycles. The van der Waals surface area contributed by atoms with Crippen molar-refractivity contribution in [1.82, 2.24) is 14.8 Å². The van der Waals surface area contributed by atoms with Crippen LogP contribution in [0.3, 0.4) is 0 Å². The van der Waals surface area contributed by atoms with Crippen LogP contribution in [0.4, 0.5) is 0 Å². The van der Waals surface area contributed by atoms with Gasteiger partial charge in [-0.1, -0.05) is 0 Å². The maximum atomic E-state index is 10.6. The first kappa shape index (κ1) is 13.8. The second-order valence-electron chi connectivity index (χ2n) is 4.86. The molecule has 1 aliphatic heterocycles. The Labute approximate surface area is 112 Å². The smallest absolute Gasteiger partial charge is 0.317 e. The van der Waals surface area contributed by atoms with Crippen LogP contribution in [0.25, 0.3) is 0 Å². The Morgan fingerprint density at radius 1 is 1.26 bits per heavy atom. The zero-order chi connectivity index (χ0) is 13.8. The van der Waals surface area contributed by atoms with E-state index in [0.29, 0.717) is 12.2 Å². The molecule has 6 heteroatoms. The highest BCUT2D eigenvalue weighted by Crippen LogP contribution is 2.17. The predicted molar refractivity (Wildman–Crippen MR) is 70.0 cm³/mol. The summed E-state index contributed by atoms with van der Waals surface area (Å²) in [6.45, 7) is 5.66. The molecule has 104 valence electrons. The molecule has 0 aromatic carbocycles. The third-order valence-electron chi connectivity index (χ3n) is 3.29. The topological polar surface area (TPSA) is 76.9 Å². The van der Waals surface area contributed by atoms with Gasteiger partial charge in [0.2, 0.25) is 0 Å². The van der Waals surface area contributed by atoms with Gasteiger partial charge in [0.25, 0.3) is 0 Å². The van der Waals surface area contributed by atoms with E-state index in [9.17, 15) is 9.90 Å². The van der Waals surface area contributed by atoms with E-state index < -0.39 is 5.97 Å². The van der Waals surface area contributed by atoms with Crippen LogP contribution in [0.2, 0.25) is 0 Å². The Kier molecular flexibility index (Phi) is 4.34. The number of carboxylic acids is 1. The van der Waals surface area contributed by atoms with Crippen LogP contribution in [0, 0.1) is 6.92 Å². The van der Waals surface area contributed by atoms with Crippen LogP contribution in [-0.4, -0.2) is 63.7 Å². The molecule has 6 nitrogen and oxygen atoms in total. The molecular formula is C13H19N3O3. The summed E-state index contributed by atoms with van der Waals surface area (Å²) in [6.07, 6.45) is 0. The average Bonchev–Trinajstić information content (AvgIpc) is 2.35. The van der Waals surface area contributed by atoms with E-state index in [-0.39, 0.29) is 12.3 Å². The second-order valence-corrected chi connectivity index (χ2v) is 4.86. The van der Waals surface area contributed by atoms with Gasteiger partial charge in [-0.3, -0.25) is 19.6 Å². The highest BCUT2D eigenvalue weighted by molar-refractivity contribution is 5.69. The van der Waals surface area contributed by atoms with Crippen molar-refractivity contribution in [2.24, 2.45) is 0 Å². The summed E-state index contributed by atoms with van der Waals surface area (Å²) >= 11 is 0. The van der Waals surface area contributed by atoms with Crippen LogP contribution in [0.1, 0.15) is 11.4 Å². The first-order valence-corrected chi connectivity index (χ1v) is 6.36. The van der Waals surface area contributed by atoms with Crippen molar-refractivity contribution >= 4 is 5.97 Å². The number of piperazine rings is 1. The Hall–Kier alpha value is -1.66. The molecule has 2 N–H and O–H groups in total. The Bertz CT molecular complexity index is 456. The maximum Gasteiger partial charge on any atom is 0.317 e. The van der Waals surface area contributed by atoms with Gasteiger partial charge in [-0.05, 0) is 19.1 Å². The largest absolute Gasteiger partial charge is 0.506 e. The minimum atomic E-state index is -0.786. The zero-order valence-electron chi connectivity index (χ0n) is 11.0. The number of aromatic hydroxyl groups is 1. The van der Waals surface area contributed by atoms with Crippen molar-refractivity contribution in [2.75, 3.05) is 32.7 Å². The van der Waals surface area contributed by atoms with E-state index in [1.54, 1.807) is 12.1 Å². The van der Waals surface area contributed by atoms with Crippen LogP contribution >= 0.6 is 0 Å². The van der Waals surface area contributed by atoms with Gasteiger partial charge in [-0.2, -0.15) is 0 Å². The number of rotatable bonds is 4. The minimum Gasteiger partial charge on any atom is -0.506 e. The summed E-state index contributed by atoms with van der Waals surface area (Å²) < 4.78 is 0. The first-order chi connectivity index (χ1) is 9.04. The highest BCUT2D eigenvalue weighted by atomic mass is 16.4. The molecule has 2 heterocycles. The lowest BCUT2D eigenvalue weighted by atomic mass is 10.2. The van der Waals surface area contributed by atoms with Crippen LogP contribution < -0.4 is 0 Å². The molecule has 2 rings (SSSR count). The molecule has 0 saturated carbocycles. The number of carbonyl (C=O) groups is 1. The molecule has 0 atom stereocenters. The number of hydrogen-bond donors (Lipinski definition) is 2. The van der Waals surface area contributed by atoms with Crippen molar-refractivity contribution in [3.63, 3.8) is 0 Å². The normalized spacial score (nSPS) is 17.5. The van der Waals surface area contributed by atoms with Crippen LogP contribution in [0.5, 0.6) is 5.75 Å². The lowest BCUT2D eigenvalue weighted by Gasteiger charge is -2.33. The number of aliphatic carboxylic acids is 1. The molecule has 19 heavy (non-hydrogen) atoms. The molecule has 0 bridgehead atoms. The lowest BCUT2D eigenvalue weighted by molar-refractivity contribution is -0.138. The van der Waals surface area contributed by atoms with Crippen molar-refractivity contribution in [2.45, 2.75) is 13.5 Å². The van der Waals surface area contributed by atoms with E-state index in [1.165, 1.54) is 0 Å². The number of aryl methyl sites for hydroxylation is 1. The molecule has 0 amide bonds. The molecule has 1 aromatic rings. The number of nitrogens with zero attached hydrogens (tertiary/aromatic N) is 3. The van der Waals surface area contributed by atoms with Crippen LogP contribution in [0.15, 0.2) is 12.1 Å². The van der Waals surface area contributed by atoms with Crippen molar-refractivity contribution in [3.8, 4) is 5.75 Å². The van der Waals surface area contributed by atoms with Gasteiger partial charge in [0.15, 0.2) is 0 Å². The highest BCUT2D eigenvalue weighted by Gasteiger charge is 2.19. The molecule has 0 spiro atoms. The Balaban J connectivity index is 1.88. The summed E-state index contributed by atoms with van der Waals surface area (Å²) in [5, 5.41) is 18.5. The van der Waals surface area contributed by atoms with Crippen LogP contribution in [-0.2, 0) is 11.3 Å². The molecule has 1 saturated heterocycles. The van der Waals surface area contributed by atoms with Gasteiger partial charge < -0.3 is 10.2 Å². The third kappa shape index (κ3) is 3.90. The number of aromatic nitrogens is 1. The number of pyridine rings is 1. The van der Waals surface area contributed by atoms with E-state index >= 15 is 0 Å². The molecule has 1 aliphatic rings. The maximum absolute atomic E-state index is 10.6. The molecule has 1 aromatic heterocycles. The van der Waals surface area contributed by atoms with Crippen molar-refractivity contribution in [3.05, 3.63) is 23.5 Å². The monoisotopic (exact) mass is 265 g/mol. The third-order valence-corrected chi connectivity index (χ3v) is 3.29. The van der Waals surface area contributed by atoms with Crippen molar-refractivity contribution in [1.29, 1.82) is 0 Å². The second kappa shape index (κ2) is 5.99. The average molecular weight is 265 g/mol. The van der Waals surface area contributed by atoms with E-state index in [2.05, 4.69) is 9.88 Å². The molecular weight excluding hydrogens is 246 g/mol. The standard InChI is InChI=1S/C13H19N3O3/c1-10-2-3-12(17)11(14-10)8-15-4-6-16(7-5-15)9-13(18)19/h2-3,17H,4-9H2,1H3,(H,18,19). The van der Waals surface area contributed by atoms with Gasteiger partial charge >= 0.3 is 5.97 Å². The van der Waals surface area contributed by atoms with E-state index in [1.807, 2.05) is 11.8 Å². The molecule has 0 radical (unpaired) electrons. The van der Waals surface area contributed by atoms with Crippen molar-refractivity contribution < 1.29 is 15.0 Å². The van der Waals surface area contributed by atoms with Gasteiger partial charge in [0.05, 0.1) is 12.2 Å². The number of carboxylic acid groups (broad SMARTS) is 1. The molecule has 0 unspecified atom stereocenters. The molecule has 1 fully saturated rings. The number of hydrogen-bond acceptors (Lipinski definition) is 5. The predicted octanol–water partition coefficient (Wildman–Crippen LogP) is 0.298. The Morgan fingerprint density at radius 2 is 1.89 bits per heavy atom. The zero-order valence-corrected chi connectivity index (χ0v) is 11.0. The SMILES string of the molecule is Cc1ccc(O)c(CN2CCN(CC(=O)O)CC2)n1. The lowest BCUT2D eigenvalue weighted by Crippen LogP contribution is -2.47. The minimum absolute atomic E-state index is 0.0990. The van der Waals surface area contributed by atoms with Gasteiger partial charge in [-0.15, -0.1) is 0 Å². The van der Waals surface area contributed by atoms with Gasteiger partial charge in [0, 0.05) is 38.4 Å². The van der Waals surface area contributed by atoms with E-state index in [4.69, 9.17) is 5.11 Å². The Morgan fingerprint density at radius 3 is 2.53 bits per heavy atom.